The van der Waals surface area contributed by atoms with Crippen molar-refractivity contribution in [2.24, 2.45) is 20.5 Å². The topological polar surface area (TPSA) is 162 Å². The number of hydrogen-bond acceptors (Lipinski definition) is 11. The average molecular weight is 442 g/mol. The summed E-state index contributed by atoms with van der Waals surface area (Å²) in [6.45, 7) is 0. The van der Waals surface area contributed by atoms with Gasteiger partial charge in [0.1, 0.15) is 29.3 Å². The van der Waals surface area contributed by atoms with Crippen LogP contribution in [-0.4, -0.2) is 33.5 Å². The lowest BCUT2D eigenvalue weighted by Gasteiger charge is -2.15. The molecule has 2 aromatic carbocycles. The number of azo groups is 2. The fourth-order valence-electron chi connectivity index (χ4n) is 2.79. The van der Waals surface area contributed by atoms with Gasteiger partial charge in [-0.2, -0.15) is 19.9 Å². The zero-order valence-corrected chi connectivity index (χ0v) is 17.7. The minimum absolute atomic E-state index is 0.00580. The maximum absolute atomic E-state index is 10.4. The molecule has 2 aromatic heterocycles. The van der Waals surface area contributed by atoms with Crippen LogP contribution in [0.1, 0.15) is 11.4 Å². The first kappa shape index (κ1) is 20.6. The molecule has 12 heteroatoms. The van der Waals surface area contributed by atoms with Crippen molar-refractivity contribution in [3.63, 3.8) is 0 Å². The van der Waals surface area contributed by atoms with Gasteiger partial charge in [-0.3, -0.25) is 0 Å². The molecular weight excluding hydrogens is 428 g/mol. The first-order chi connectivity index (χ1) is 15.5. The Hall–Kier alpha value is -4.68. The van der Waals surface area contributed by atoms with Crippen molar-refractivity contribution in [2.45, 2.75) is 0 Å². The average Bonchev–Trinajstić information content (AvgIpc) is 3.40. The fourth-order valence-corrected chi connectivity index (χ4v) is 3.48. The van der Waals surface area contributed by atoms with Crippen LogP contribution in [0.15, 0.2) is 56.9 Å². The largest absolute Gasteiger partial charge is 0.506 e. The molecule has 0 aliphatic heterocycles. The van der Waals surface area contributed by atoms with Gasteiger partial charge in [0.15, 0.2) is 16.4 Å². The third kappa shape index (κ3) is 3.98. The number of anilines is 1. The Bertz CT molecular complexity index is 1420. The molecule has 0 amide bonds. The molecular formula is C20H14N10OS. The van der Waals surface area contributed by atoms with Gasteiger partial charge in [0.25, 0.3) is 0 Å². The predicted octanol–water partition coefficient (Wildman–Crippen LogP) is 5.37. The number of fused-ring (bicyclic) bond motifs is 1. The van der Waals surface area contributed by atoms with Gasteiger partial charge in [-0.1, -0.05) is 12.1 Å². The van der Waals surface area contributed by atoms with E-state index in [0.29, 0.717) is 16.4 Å². The smallest absolute Gasteiger partial charge is 0.249 e. The van der Waals surface area contributed by atoms with Crippen LogP contribution in [0.25, 0.3) is 10.9 Å². The van der Waals surface area contributed by atoms with Gasteiger partial charge in [-0.25, -0.2) is 0 Å². The summed E-state index contributed by atoms with van der Waals surface area (Å²) in [7, 11) is 3.57. The number of aromatic nitrogens is 3. The lowest BCUT2D eigenvalue weighted by Crippen LogP contribution is -2.08. The number of benzene rings is 2. The van der Waals surface area contributed by atoms with Gasteiger partial charge >= 0.3 is 0 Å². The highest BCUT2D eigenvalue weighted by Gasteiger charge is 2.13. The molecule has 4 aromatic rings. The highest BCUT2D eigenvalue weighted by atomic mass is 32.1. The summed E-state index contributed by atoms with van der Waals surface area (Å²) < 4.78 is 4.32. The highest BCUT2D eigenvalue weighted by Crippen LogP contribution is 2.41. The zero-order chi connectivity index (χ0) is 22.7. The Morgan fingerprint density at radius 2 is 1.81 bits per heavy atom. The summed E-state index contributed by atoms with van der Waals surface area (Å²) in [6.07, 6.45) is 0. The van der Waals surface area contributed by atoms with Crippen molar-refractivity contribution >= 4 is 50.4 Å². The van der Waals surface area contributed by atoms with Crippen molar-refractivity contribution in [3.05, 3.63) is 47.8 Å². The number of nitrogens with one attached hydrogen (secondary N) is 1. The van der Waals surface area contributed by atoms with Crippen molar-refractivity contribution < 1.29 is 5.11 Å². The second kappa shape index (κ2) is 8.59. The number of H-pyrrole nitrogens is 1. The van der Waals surface area contributed by atoms with Crippen LogP contribution in [0.5, 0.6) is 5.75 Å². The van der Waals surface area contributed by atoms with Crippen molar-refractivity contribution in [3.8, 4) is 17.9 Å². The van der Waals surface area contributed by atoms with E-state index in [2.05, 4.69) is 34.8 Å². The van der Waals surface area contributed by atoms with Crippen LogP contribution in [0.2, 0.25) is 0 Å². The monoisotopic (exact) mass is 442 g/mol. The molecule has 4 rings (SSSR count). The van der Waals surface area contributed by atoms with Gasteiger partial charge in [-0.15, -0.1) is 20.5 Å². The molecule has 32 heavy (non-hydrogen) atoms. The molecule has 0 radical (unpaired) electrons. The van der Waals surface area contributed by atoms with E-state index < -0.39 is 0 Å². The third-order valence-corrected chi connectivity index (χ3v) is 5.09. The van der Waals surface area contributed by atoms with Crippen molar-refractivity contribution in [1.29, 1.82) is 10.5 Å². The summed E-state index contributed by atoms with van der Waals surface area (Å²) in [5.41, 5.74) is 1.90. The standard InChI is InChI=1S/C20H14N10OS/c1-30(2)17-8-18(31)14(26-27-19-11-5-3-4-6-12(11)29-32-19)7-13(17)25-28-20-23-15(9-21)16(10-22)24-20/h3-8,31H,1-2H3,(H,23,24)/b27-26+,28-25+. The number of aromatic amines is 1. The maximum Gasteiger partial charge on any atom is 0.249 e. The molecule has 0 saturated carbocycles. The van der Waals surface area contributed by atoms with E-state index in [1.165, 1.54) is 23.7 Å². The van der Waals surface area contributed by atoms with Gasteiger partial charge in [0, 0.05) is 25.5 Å². The Kier molecular flexibility index (Phi) is 5.53. The summed E-state index contributed by atoms with van der Waals surface area (Å²) in [4.78, 5) is 8.29. The Labute approximate surface area is 185 Å². The first-order valence-electron chi connectivity index (χ1n) is 9.12. The van der Waals surface area contributed by atoms with Crippen molar-refractivity contribution in [1.82, 2.24) is 14.3 Å². The van der Waals surface area contributed by atoms with Gasteiger partial charge in [0.05, 0.1) is 11.2 Å². The third-order valence-electron chi connectivity index (χ3n) is 4.33. The molecule has 0 saturated heterocycles. The van der Waals surface area contributed by atoms with Gasteiger partial charge < -0.3 is 15.0 Å². The van der Waals surface area contributed by atoms with Crippen LogP contribution in [0.4, 0.5) is 28.0 Å². The molecule has 0 unspecified atom stereocenters. The normalized spacial score (nSPS) is 11.2. The summed E-state index contributed by atoms with van der Waals surface area (Å²) >= 11 is 1.21. The van der Waals surface area contributed by atoms with Crippen LogP contribution >= 0.6 is 11.5 Å². The number of nitriles is 2. The molecule has 11 nitrogen and oxygen atoms in total. The molecule has 0 fully saturated rings. The van der Waals surface area contributed by atoms with Crippen LogP contribution in [0.3, 0.4) is 0 Å². The zero-order valence-electron chi connectivity index (χ0n) is 16.8. The fraction of sp³-hybridized carbons (Fsp3) is 0.100. The Morgan fingerprint density at radius 3 is 2.53 bits per heavy atom. The first-order valence-corrected chi connectivity index (χ1v) is 9.90. The summed E-state index contributed by atoms with van der Waals surface area (Å²) in [5.74, 6) is -0.0723. The lowest BCUT2D eigenvalue weighted by molar-refractivity contribution is 0.476. The van der Waals surface area contributed by atoms with E-state index in [1.54, 1.807) is 19.0 Å². The van der Waals surface area contributed by atoms with Gasteiger partial charge in [-0.05, 0) is 29.7 Å². The Balaban J connectivity index is 1.71. The summed E-state index contributed by atoms with van der Waals surface area (Å²) in [5, 5.41) is 46.5. The second-order valence-corrected chi connectivity index (χ2v) is 7.39. The van der Waals surface area contributed by atoms with Crippen LogP contribution in [-0.2, 0) is 0 Å². The lowest BCUT2D eigenvalue weighted by atomic mass is 10.2. The number of imidazole rings is 1. The molecule has 156 valence electrons. The maximum atomic E-state index is 10.4. The van der Waals surface area contributed by atoms with E-state index in [-0.39, 0.29) is 28.8 Å². The summed E-state index contributed by atoms with van der Waals surface area (Å²) in [6, 6.07) is 14.2. The SMILES string of the molecule is CN(C)c1cc(O)c(/N=N/c2snc3ccccc23)cc1/N=N/c1nc(C#N)c(C#N)[nH]1. The molecule has 0 atom stereocenters. The van der Waals surface area contributed by atoms with E-state index in [9.17, 15) is 5.11 Å². The molecule has 2 heterocycles. The van der Waals surface area contributed by atoms with E-state index in [0.717, 1.165) is 10.9 Å². The number of aromatic hydroxyl groups is 1. The number of nitrogens with zero attached hydrogens (tertiary/aromatic N) is 9. The molecule has 0 bridgehead atoms. The predicted molar refractivity (Wildman–Crippen MR) is 118 cm³/mol. The molecule has 0 aliphatic rings. The molecule has 2 N–H and O–H groups in total. The minimum Gasteiger partial charge on any atom is -0.506 e. The molecule has 0 aliphatic carbocycles. The number of hydrogen-bond donors (Lipinski definition) is 2. The van der Waals surface area contributed by atoms with Crippen LogP contribution < -0.4 is 4.90 Å². The van der Waals surface area contributed by atoms with Crippen molar-refractivity contribution in [2.75, 3.05) is 19.0 Å². The number of rotatable bonds is 5. The quantitative estimate of drug-likeness (QED) is 0.395. The number of phenols is 1. The van der Waals surface area contributed by atoms with E-state index >= 15 is 0 Å². The van der Waals surface area contributed by atoms with E-state index in [4.69, 9.17) is 10.5 Å². The van der Waals surface area contributed by atoms with Gasteiger partial charge in [0.2, 0.25) is 5.95 Å². The Morgan fingerprint density at radius 1 is 1.03 bits per heavy atom. The minimum atomic E-state index is -0.0817. The highest BCUT2D eigenvalue weighted by molar-refractivity contribution is 7.11. The van der Waals surface area contributed by atoms with E-state index in [1.807, 2.05) is 36.4 Å². The molecule has 0 spiro atoms. The second-order valence-electron chi connectivity index (χ2n) is 6.64. The van der Waals surface area contributed by atoms with Crippen LogP contribution in [0, 0.1) is 22.7 Å². The number of phenolic OH excluding ortho intramolecular Hbond substituents is 1.